The van der Waals surface area contributed by atoms with Gasteiger partial charge in [0.2, 0.25) is 0 Å². The van der Waals surface area contributed by atoms with Gasteiger partial charge < -0.3 is 14.4 Å². The van der Waals surface area contributed by atoms with Crippen LogP contribution in [-0.4, -0.2) is 50.3 Å². The average Bonchev–Trinajstić information content (AvgIpc) is 2.54. The first kappa shape index (κ1) is 18.6. The molecule has 0 aliphatic carbocycles. The summed E-state index contributed by atoms with van der Waals surface area (Å²) in [6.45, 7) is 4.34. The first-order valence-corrected chi connectivity index (χ1v) is 8.25. The van der Waals surface area contributed by atoms with Gasteiger partial charge in [-0.3, -0.25) is 4.90 Å². The van der Waals surface area contributed by atoms with Gasteiger partial charge in [0.05, 0.1) is 0 Å². The van der Waals surface area contributed by atoms with Crippen molar-refractivity contribution >= 4 is 12.0 Å². The number of carbonyl (C=O) groups excluding carboxylic acids is 1. The normalized spacial score (nSPS) is 16.2. The summed E-state index contributed by atoms with van der Waals surface area (Å²) in [5.41, 5.74) is 0.752. The molecule has 1 aromatic rings. The molecular weight excluding hydrogens is 321 g/mol. The summed E-state index contributed by atoms with van der Waals surface area (Å²) in [4.78, 5) is 14.7. The van der Waals surface area contributed by atoms with Crippen LogP contribution in [0.15, 0.2) is 24.3 Å². The highest BCUT2D eigenvalue weighted by atomic mass is 19.4. The summed E-state index contributed by atoms with van der Waals surface area (Å²) in [5.74, 6) is -0.183. The zero-order valence-electron chi connectivity index (χ0n) is 13.6. The Labute approximate surface area is 140 Å². The molecule has 2 rings (SSSR count). The van der Waals surface area contributed by atoms with Crippen molar-refractivity contribution in [3.05, 3.63) is 24.3 Å². The molecule has 0 N–H and O–H groups in total. The predicted octanol–water partition coefficient (Wildman–Crippen LogP) is 3.47. The minimum absolute atomic E-state index is 0.183. The minimum Gasteiger partial charge on any atom is -0.406 e. The zero-order valence-corrected chi connectivity index (χ0v) is 13.6. The van der Waals surface area contributed by atoms with E-state index in [2.05, 4.69) is 14.5 Å². The van der Waals surface area contributed by atoms with E-state index in [0.717, 1.165) is 64.0 Å². The van der Waals surface area contributed by atoms with Crippen LogP contribution >= 0.6 is 0 Å². The van der Waals surface area contributed by atoms with Gasteiger partial charge in [0.15, 0.2) is 0 Å². The molecule has 1 saturated heterocycles. The fourth-order valence-corrected chi connectivity index (χ4v) is 2.85. The highest BCUT2D eigenvalue weighted by molar-refractivity contribution is 5.51. The first-order chi connectivity index (χ1) is 11.5. The third kappa shape index (κ3) is 6.39. The third-order valence-electron chi connectivity index (χ3n) is 4.08. The highest BCUT2D eigenvalue weighted by Gasteiger charge is 2.31. The van der Waals surface area contributed by atoms with Gasteiger partial charge in [-0.2, -0.15) is 0 Å². The topological polar surface area (TPSA) is 32.8 Å². The van der Waals surface area contributed by atoms with E-state index in [1.165, 1.54) is 12.1 Å². The van der Waals surface area contributed by atoms with Crippen LogP contribution in [0.1, 0.15) is 25.7 Å². The maximum atomic E-state index is 12.3. The third-order valence-corrected chi connectivity index (χ3v) is 4.08. The second-order valence-electron chi connectivity index (χ2n) is 5.89. The summed E-state index contributed by atoms with van der Waals surface area (Å²) < 4.78 is 40.9. The van der Waals surface area contributed by atoms with E-state index >= 15 is 0 Å². The molecule has 1 heterocycles. The molecule has 0 spiro atoms. The van der Waals surface area contributed by atoms with Crippen molar-refractivity contribution in [3.8, 4) is 5.75 Å². The van der Waals surface area contributed by atoms with E-state index in [-0.39, 0.29) is 5.75 Å². The molecule has 1 aromatic carbocycles. The van der Waals surface area contributed by atoms with E-state index in [4.69, 9.17) is 0 Å². The molecule has 0 bridgehead atoms. The van der Waals surface area contributed by atoms with E-state index in [9.17, 15) is 18.0 Å². The summed E-state index contributed by atoms with van der Waals surface area (Å²) in [5, 5.41) is 0. The number of anilines is 1. The Bertz CT molecular complexity index is 515. The van der Waals surface area contributed by atoms with Gasteiger partial charge >= 0.3 is 6.36 Å². The van der Waals surface area contributed by atoms with Crippen LogP contribution in [0.5, 0.6) is 5.75 Å². The Hall–Kier alpha value is -1.76. The monoisotopic (exact) mass is 344 g/mol. The van der Waals surface area contributed by atoms with Crippen molar-refractivity contribution in [1.82, 2.24) is 4.90 Å². The van der Waals surface area contributed by atoms with Crippen LogP contribution in [0.25, 0.3) is 0 Å². The predicted molar refractivity (Wildman–Crippen MR) is 86.3 cm³/mol. The van der Waals surface area contributed by atoms with Crippen molar-refractivity contribution in [2.45, 2.75) is 32.0 Å². The molecule has 0 unspecified atom stereocenters. The number of halogens is 3. The second kappa shape index (κ2) is 8.92. The highest BCUT2D eigenvalue weighted by Crippen LogP contribution is 2.27. The van der Waals surface area contributed by atoms with Crippen LogP contribution in [-0.2, 0) is 4.79 Å². The maximum absolute atomic E-state index is 12.3. The molecule has 0 aromatic heterocycles. The van der Waals surface area contributed by atoms with Gasteiger partial charge in [0.1, 0.15) is 12.0 Å². The van der Waals surface area contributed by atoms with Crippen molar-refractivity contribution in [1.29, 1.82) is 0 Å². The lowest BCUT2D eigenvalue weighted by Crippen LogP contribution is -2.46. The van der Waals surface area contributed by atoms with Crippen molar-refractivity contribution in [2.24, 2.45) is 0 Å². The Balaban J connectivity index is 1.77. The summed E-state index contributed by atoms with van der Waals surface area (Å²) in [6.07, 6.45) is -0.0192. The standard InChI is InChI=1S/C17H23F3N2O2/c18-17(19,20)24-16-7-5-6-15(14-16)22-11-9-21(10-12-22)8-3-1-2-4-13-23/h5-7,13-14H,1-4,8-12H2. The van der Waals surface area contributed by atoms with Gasteiger partial charge in [0, 0.05) is 44.4 Å². The van der Waals surface area contributed by atoms with Crippen LogP contribution in [0.2, 0.25) is 0 Å². The van der Waals surface area contributed by atoms with Gasteiger partial charge in [-0.05, 0) is 31.5 Å². The van der Waals surface area contributed by atoms with E-state index < -0.39 is 6.36 Å². The van der Waals surface area contributed by atoms with Crippen molar-refractivity contribution in [3.63, 3.8) is 0 Å². The number of carbonyl (C=O) groups is 1. The lowest BCUT2D eigenvalue weighted by atomic mass is 10.2. The Kier molecular flexibility index (Phi) is 6.90. The van der Waals surface area contributed by atoms with E-state index in [1.807, 2.05) is 0 Å². The molecule has 0 saturated carbocycles. The molecule has 1 aliphatic rings. The zero-order chi connectivity index (χ0) is 17.4. The van der Waals surface area contributed by atoms with Crippen molar-refractivity contribution in [2.75, 3.05) is 37.6 Å². The minimum atomic E-state index is -4.67. The molecule has 0 atom stereocenters. The van der Waals surface area contributed by atoms with Gasteiger partial charge in [0.25, 0.3) is 0 Å². The molecule has 0 radical (unpaired) electrons. The maximum Gasteiger partial charge on any atom is 0.573 e. The number of hydrogen-bond donors (Lipinski definition) is 0. The summed E-state index contributed by atoms with van der Waals surface area (Å²) in [6, 6.07) is 6.13. The lowest BCUT2D eigenvalue weighted by molar-refractivity contribution is -0.274. The fourth-order valence-electron chi connectivity index (χ4n) is 2.85. The first-order valence-electron chi connectivity index (χ1n) is 8.25. The number of piperazine rings is 1. The number of nitrogens with zero attached hydrogens (tertiary/aromatic N) is 2. The lowest BCUT2D eigenvalue weighted by Gasteiger charge is -2.36. The fraction of sp³-hybridized carbons (Fsp3) is 0.588. The Morgan fingerprint density at radius 3 is 2.50 bits per heavy atom. The second-order valence-corrected chi connectivity index (χ2v) is 5.89. The quantitative estimate of drug-likeness (QED) is 0.534. The average molecular weight is 344 g/mol. The molecule has 24 heavy (non-hydrogen) atoms. The number of hydrogen-bond acceptors (Lipinski definition) is 4. The summed E-state index contributed by atoms with van der Waals surface area (Å²) >= 11 is 0. The number of unbranched alkanes of at least 4 members (excludes halogenated alkanes) is 3. The van der Waals surface area contributed by atoms with Gasteiger partial charge in [-0.15, -0.1) is 13.2 Å². The van der Waals surface area contributed by atoms with Crippen LogP contribution in [0, 0.1) is 0 Å². The Morgan fingerprint density at radius 2 is 1.83 bits per heavy atom. The van der Waals surface area contributed by atoms with Gasteiger partial charge in [-0.1, -0.05) is 12.5 Å². The van der Waals surface area contributed by atoms with Crippen LogP contribution in [0.4, 0.5) is 18.9 Å². The Morgan fingerprint density at radius 1 is 1.08 bits per heavy atom. The number of benzene rings is 1. The molecule has 1 aliphatic heterocycles. The van der Waals surface area contributed by atoms with Crippen LogP contribution < -0.4 is 9.64 Å². The molecule has 4 nitrogen and oxygen atoms in total. The number of rotatable bonds is 8. The number of aldehydes is 1. The molecule has 7 heteroatoms. The SMILES string of the molecule is O=CCCCCCN1CCN(c2cccc(OC(F)(F)F)c2)CC1. The molecule has 1 fully saturated rings. The van der Waals surface area contributed by atoms with E-state index in [1.54, 1.807) is 12.1 Å². The van der Waals surface area contributed by atoms with Gasteiger partial charge in [-0.25, -0.2) is 0 Å². The summed E-state index contributed by atoms with van der Waals surface area (Å²) in [7, 11) is 0. The molecular formula is C17H23F3N2O2. The number of alkyl halides is 3. The van der Waals surface area contributed by atoms with Crippen LogP contribution in [0.3, 0.4) is 0 Å². The smallest absolute Gasteiger partial charge is 0.406 e. The molecule has 134 valence electrons. The van der Waals surface area contributed by atoms with Crippen molar-refractivity contribution < 1.29 is 22.7 Å². The molecule has 0 amide bonds. The van der Waals surface area contributed by atoms with E-state index in [0.29, 0.717) is 6.42 Å². The largest absolute Gasteiger partial charge is 0.573 e. The number of ether oxygens (including phenoxy) is 1.